The number of carbonyl (C=O) groups excluding carboxylic acids is 1. The van der Waals surface area contributed by atoms with E-state index in [1.165, 1.54) is 44.9 Å². The molecule has 1 aliphatic rings. The van der Waals surface area contributed by atoms with Crippen LogP contribution < -0.4 is 10.6 Å². The minimum absolute atomic E-state index is 0. The summed E-state index contributed by atoms with van der Waals surface area (Å²) in [4.78, 5) is 12.4. The Morgan fingerprint density at radius 1 is 1.32 bits per heavy atom. The third-order valence-corrected chi connectivity index (χ3v) is 4.40. The molecule has 126 valence electrons. The van der Waals surface area contributed by atoms with Crippen molar-refractivity contribution in [2.75, 3.05) is 13.6 Å². The molecule has 1 aliphatic carbocycles. The van der Waals surface area contributed by atoms with Gasteiger partial charge in [0.05, 0.1) is 6.20 Å². The smallest absolute Gasteiger partial charge is 0.241 e. The SMILES string of the molecule is CNC(C(=O)NCC1CCCCCCC1)c1cnn(C)c1.Cl. The van der Waals surface area contributed by atoms with Gasteiger partial charge in [-0.2, -0.15) is 5.10 Å². The highest BCUT2D eigenvalue weighted by atomic mass is 35.5. The molecule has 0 radical (unpaired) electrons. The van der Waals surface area contributed by atoms with Crippen LogP contribution in [0.25, 0.3) is 0 Å². The fourth-order valence-electron chi connectivity index (χ4n) is 3.13. The van der Waals surface area contributed by atoms with Gasteiger partial charge in [0.1, 0.15) is 6.04 Å². The Labute approximate surface area is 139 Å². The molecule has 6 heteroatoms. The number of hydrogen-bond acceptors (Lipinski definition) is 3. The molecule has 1 fully saturated rings. The summed E-state index contributed by atoms with van der Waals surface area (Å²) in [6.07, 6.45) is 12.8. The summed E-state index contributed by atoms with van der Waals surface area (Å²) in [5.74, 6) is 0.688. The first kappa shape index (κ1) is 19.0. The van der Waals surface area contributed by atoms with Gasteiger partial charge in [-0.1, -0.05) is 32.1 Å². The number of aryl methyl sites for hydroxylation is 1. The van der Waals surface area contributed by atoms with Crippen molar-refractivity contribution in [1.82, 2.24) is 20.4 Å². The average molecular weight is 329 g/mol. The van der Waals surface area contributed by atoms with Crippen LogP contribution >= 0.6 is 12.4 Å². The molecule has 5 nitrogen and oxygen atoms in total. The average Bonchev–Trinajstić information content (AvgIpc) is 2.85. The first-order valence-corrected chi connectivity index (χ1v) is 8.14. The maximum atomic E-state index is 12.4. The predicted molar refractivity (Wildman–Crippen MR) is 91.1 cm³/mol. The van der Waals surface area contributed by atoms with E-state index in [1.807, 2.05) is 20.3 Å². The van der Waals surface area contributed by atoms with Crippen LogP contribution in [0.5, 0.6) is 0 Å². The van der Waals surface area contributed by atoms with Crippen molar-refractivity contribution in [3.8, 4) is 0 Å². The maximum absolute atomic E-state index is 12.4. The molecule has 1 saturated carbocycles. The van der Waals surface area contributed by atoms with E-state index in [1.54, 1.807) is 10.9 Å². The number of nitrogens with one attached hydrogen (secondary N) is 2. The van der Waals surface area contributed by atoms with E-state index in [4.69, 9.17) is 0 Å². The van der Waals surface area contributed by atoms with Crippen LogP contribution in [0.4, 0.5) is 0 Å². The van der Waals surface area contributed by atoms with Crippen molar-refractivity contribution in [2.45, 2.75) is 51.0 Å². The number of rotatable bonds is 5. The third kappa shape index (κ3) is 5.61. The van der Waals surface area contributed by atoms with Gasteiger partial charge in [0.2, 0.25) is 5.91 Å². The third-order valence-electron chi connectivity index (χ3n) is 4.40. The van der Waals surface area contributed by atoms with E-state index in [-0.39, 0.29) is 24.4 Å². The Morgan fingerprint density at radius 3 is 2.50 bits per heavy atom. The number of likely N-dealkylation sites (N-methyl/N-ethyl adjacent to an activating group) is 1. The summed E-state index contributed by atoms with van der Waals surface area (Å²) in [6.45, 7) is 0.803. The summed E-state index contributed by atoms with van der Waals surface area (Å²) in [5.41, 5.74) is 0.912. The molecule has 0 aliphatic heterocycles. The maximum Gasteiger partial charge on any atom is 0.241 e. The van der Waals surface area contributed by atoms with Crippen LogP contribution in [0.1, 0.15) is 56.6 Å². The zero-order valence-electron chi connectivity index (χ0n) is 13.7. The fourth-order valence-corrected chi connectivity index (χ4v) is 3.13. The molecule has 22 heavy (non-hydrogen) atoms. The Hall–Kier alpha value is -1.07. The summed E-state index contributed by atoms with van der Waals surface area (Å²) in [5, 5.41) is 10.3. The molecular weight excluding hydrogens is 300 g/mol. The van der Waals surface area contributed by atoms with E-state index in [0.717, 1.165) is 12.1 Å². The van der Waals surface area contributed by atoms with Crippen molar-refractivity contribution in [3.05, 3.63) is 18.0 Å². The summed E-state index contributed by atoms with van der Waals surface area (Å²) >= 11 is 0. The monoisotopic (exact) mass is 328 g/mol. The van der Waals surface area contributed by atoms with Crippen molar-refractivity contribution < 1.29 is 4.79 Å². The second-order valence-corrected chi connectivity index (χ2v) is 6.13. The standard InChI is InChI=1S/C16H28N4O.ClH/c1-17-15(14-11-19-20(2)12-14)16(21)18-10-13-8-6-4-3-5-7-9-13;/h11-13,15,17H,3-10H2,1-2H3,(H,18,21);1H. The lowest BCUT2D eigenvalue weighted by Gasteiger charge is -2.21. The van der Waals surface area contributed by atoms with Crippen molar-refractivity contribution in [3.63, 3.8) is 0 Å². The molecule has 0 bridgehead atoms. The molecule has 1 aromatic rings. The topological polar surface area (TPSA) is 59.0 Å². The highest BCUT2D eigenvalue weighted by molar-refractivity contribution is 5.85. The van der Waals surface area contributed by atoms with Gasteiger partial charge in [0, 0.05) is 25.4 Å². The van der Waals surface area contributed by atoms with E-state index in [9.17, 15) is 4.79 Å². The van der Waals surface area contributed by atoms with Crippen LogP contribution in [0.2, 0.25) is 0 Å². The summed E-state index contributed by atoms with van der Waals surface area (Å²) in [6, 6.07) is -0.313. The van der Waals surface area contributed by atoms with Gasteiger partial charge in [0.25, 0.3) is 0 Å². The van der Waals surface area contributed by atoms with Crippen LogP contribution in [-0.2, 0) is 11.8 Å². The summed E-state index contributed by atoms with van der Waals surface area (Å²) in [7, 11) is 3.68. The van der Waals surface area contributed by atoms with Gasteiger partial charge in [-0.15, -0.1) is 12.4 Å². The van der Waals surface area contributed by atoms with Crippen molar-refractivity contribution >= 4 is 18.3 Å². The quantitative estimate of drug-likeness (QED) is 0.873. The van der Waals surface area contributed by atoms with Crippen LogP contribution in [0.15, 0.2) is 12.4 Å². The van der Waals surface area contributed by atoms with E-state index < -0.39 is 0 Å². The zero-order chi connectivity index (χ0) is 15.1. The predicted octanol–water partition coefficient (Wildman–Crippen LogP) is 2.58. The minimum atomic E-state index is -0.313. The number of carbonyl (C=O) groups is 1. The van der Waals surface area contributed by atoms with Crippen molar-refractivity contribution in [2.24, 2.45) is 13.0 Å². The molecule has 1 atom stereocenters. The molecule has 1 amide bonds. The fraction of sp³-hybridized carbons (Fsp3) is 0.750. The molecule has 1 heterocycles. The first-order chi connectivity index (χ1) is 10.2. The summed E-state index contributed by atoms with van der Waals surface area (Å²) < 4.78 is 1.72. The van der Waals surface area contributed by atoms with Gasteiger partial charge >= 0.3 is 0 Å². The Balaban J connectivity index is 0.00000242. The molecule has 0 aromatic carbocycles. The first-order valence-electron chi connectivity index (χ1n) is 8.14. The van der Waals surface area contributed by atoms with Gasteiger partial charge in [-0.3, -0.25) is 9.48 Å². The van der Waals surface area contributed by atoms with E-state index in [0.29, 0.717) is 5.92 Å². The Morgan fingerprint density at radius 2 is 1.95 bits per heavy atom. The van der Waals surface area contributed by atoms with Gasteiger partial charge in [-0.05, 0) is 25.8 Å². The molecule has 1 unspecified atom stereocenters. The van der Waals surface area contributed by atoms with Crippen LogP contribution in [0.3, 0.4) is 0 Å². The minimum Gasteiger partial charge on any atom is -0.354 e. The van der Waals surface area contributed by atoms with Gasteiger partial charge < -0.3 is 10.6 Å². The normalized spacial score (nSPS) is 17.9. The molecule has 0 spiro atoms. The highest BCUT2D eigenvalue weighted by Crippen LogP contribution is 2.22. The Bertz CT molecular complexity index is 441. The van der Waals surface area contributed by atoms with Crippen molar-refractivity contribution in [1.29, 1.82) is 0 Å². The number of halogens is 1. The largest absolute Gasteiger partial charge is 0.354 e. The number of hydrogen-bond donors (Lipinski definition) is 2. The van der Waals surface area contributed by atoms with Crippen LogP contribution in [-0.4, -0.2) is 29.3 Å². The van der Waals surface area contributed by atoms with E-state index >= 15 is 0 Å². The molecular formula is C16H29ClN4O. The molecule has 1 aromatic heterocycles. The number of amides is 1. The Kier molecular flexibility index (Phi) is 8.49. The van der Waals surface area contributed by atoms with E-state index in [2.05, 4.69) is 15.7 Å². The lowest BCUT2D eigenvalue weighted by molar-refractivity contribution is -0.123. The van der Waals surface area contributed by atoms with Crippen LogP contribution in [0, 0.1) is 5.92 Å². The zero-order valence-corrected chi connectivity index (χ0v) is 14.5. The molecule has 0 saturated heterocycles. The second kappa shape index (κ2) is 9.85. The van der Waals surface area contributed by atoms with Gasteiger partial charge in [-0.25, -0.2) is 0 Å². The van der Waals surface area contributed by atoms with Gasteiger partial charge in [0.15, 0.2) is 0 Å². The molecule has 2 rings (SSSR count). The molecule has 2 N–H and O–H groups in total. The second-order valence-electron chi connectivity index (χ2n) is 6.13. The lowest BCUT2D eigenvalue weighted by atomic mass is 9.91. The highest BCUT2D eigenvalue weighted by Gasteiger charge is 2.21. The number of nitrogens with zero attached hydrogens (tertiary/aromatic N) is 2. The lowest BCUT2D eigenvalue weighted by Crippen LogP contribution is -2.38. The number of aromatic nitrogens is 2.